The molecule has 0 aliphatic heterocycles. The molecule has 0 spiro atoms. The maximum Gasteiger partial charge on any atom is 0.389 e. The number of imidazole rings is 1. The summed E-state index contributed by atoms with van der Waals surface area (Å²) >= 11 is 0. The minimum atomic E-state index is 0.707. The summed E-state index contributed by atoms with van der Waals surface area (Å²) < 4.78 is 4.09. The zero-order valence-corrected chi connectivity index (χ0v) is 13.8. The summed E-state index contributed by atoms with van der Waals surface area (Å²) in [6.45, 7) is 10.4. The first kappa shape index (κ1) is 14.4. The van der Waals surface area contributed by atoms with Crippen molar-refractivity contribution in [1.82, 2.24) is 14.5 Å². The van der Waals surface area contributed by atoms with E-state index >= 15 is 0 Å². The Labute approximate surface area is 131 Å². The molecule has 3 aromatic rings. The average molecular weight is 293 g/mol. The Hall–Kier alpha value is -2.49. The lowest BCUT2D eigenvalue weighted by Gasteiger charge is -2.09. The predicted octanol–water partition coefficient (Wildman–Crippen LogP) is 3.09. The van der Waals surface area contributed by atoms with E-state index in [1.807, 2.05) is 43.2 Å². The van der Waals surface area contributed by atoms with Gasteiger partial charge in [-0.2, -0.15) is 4.57 Å². The maximum absolute atomic E-state index is 4.51. The van der Waals surface area contributed by atoms with E-state index in [9.17, 15) is 0 Å². The average Bonchev–Trinajstić information content (AvgIpc) is 2.85. The first-order chi connectivity index (χ1) is 10.4. The second-order valence-corrected chi connectivity index (χ2v) is 5.93. The molecule has 0 radical (unpaired) electrons. The smallest absolute Gasteiger partial charge is 0.253 e. The van der Waals surface area contributed by atoms with Crippen molar-refractivity contribution in [2.75, 3.05) is 0 Å². The predicted molar refractivity (Wildman–Crippen MR) is 86.6 cm³/mol. The highest BCUT2D eigenvalue weighted by Gasteiger charge is 2.14. The summed E-state index contributed by atoms with van der Waals surface area (Å²) in [6, 6.07) is 6.40. The van der Waals surface area contributed by atoms with E-state index in [0.29, 0.717) is 5.95 Å². The van der Waals surface area contributed by atoms with E-state index in [4.69, 9.17) is 0 Å². The molecule has 0 amide bonds. The van der Waals surface area contributed by atoms with E-state index in [2.05, 4.69) is 47.4 Å². The number of aromatic nitrogens is 4. The van der Waals surface area contributed by atoms with Gasteiger partial charge in [0.15, 0.2) is 6.33 Å². The van der Waals surface area contributed by atoms with Crippen molar-refractivity contribution < 1.29 is 4.57 Å². The Bertz CT molecular complexity index is 803. The van der Waals surface area contributed by atoms with Crippen LogP contribution in [0.1, 0.15) is 28.1 Å². The second-order valence-electron chi connectivity index (χ2n) is 5.93. The van der Waals surface area contributed by atoms with Crippen LogP contribution in [0.4, 0.5) is 0 Å². The van der Waals surface area contributed by atoms with Gasteiger partial charge in [-0.1, -0.05) is 17.7 Å². The van der Waals surface area contributed by atoms with Gasteiger partial charge >= 0.3 is 5.95 Å². The van der Waals surface area contributed by atoms with Crippen LogP contribution in [0.15, 0.2) is 36.9 Å². The summed E-state index contributed by atoms with van der Waals surface area (Å²) in [7, 11) is 0. The van der Waals surface area contributed by atoms with Crippen LogP contribution >= 0.6 is 0 Å². The fraction of sp³-hybridized carbons (Fsp3) is 0.278. The summed E-state index contributed by atoms with van der Waals surface area (Å²) in [4.78, 5) is 9.02. The molecule has 0 aliphatic carbocycles. The minimum absolute atomic E-state index is 0.707. The molecule has 0 bridgehead atoms. The highest BCUT2D eigenvalue weighted by molar-refractivity contribution is 5.48. The lowest BCUT2D eigenvalue weighted by molar-refractivity contribution is -0.602. The topological polar surface area (TPSA) is 34.6 Å². The van der Waals surface area contributed by atoms with Crippen LogP contribution in [0.3, 0.4) is 0 Å². The third-order valence-corrected chi connectivity index (χ3v) is 3.73. The zero-order valence-electron chi connectivity index (χ0n) is 13.8. The highest BCUT2D eigenvalue weighted by Crippen LogP contribution is 2.20. The van der Waals surface area contributed by atoms with E-state index in [1.54, 1.807) is 0 Å². The van der Waals surface area contributed by atoms with Crippen molar-refractivity contribution in [3.8, 4) is 11.6 Å². The van der Waals surface area contributed by atoms with E-state index in [0.717, 1.165) is 11.4 Å². The normalized spacial score (nSPS) is 11.0. The molecule has 0 saturated carbocycles. The molecule has 0 fully saturated rings. The number of hydrogen-bond acceptors (Lipinski definition) is 2. The van der Waals surface area contributed by atoms with Crippen LogP contribution in [0, 0.1) is 34.6 Å². The van der Waals surface area contributed by atoms with Gasteiger partial charge in [-0.15, -0.1) is 9.97 Å². The third kappa shape index (κ3) is 2.64. The molecule has 4 nitrogen and oxygen atoms in total. The monoisotopic (exact) mass is 293 g/mol. The van der Waals surface area contributed by atoms with Gasteiger partial charge in [0.1, 0.15) is 11.4 Å². The molecule has 3 rings (SSSR count). The van der Waals surface area contributed by atoms with Crippen molar-refractivity contribution in [1.29, 1.82) is 0 Å². The molecule has 2 aromatic heterocycles. The van der Waals surface area contributed by atoms with Gasteiger partial charge in [0, 0.05) is 6.07 Å². The lowest BCUT2D eigenvalue weighted by Crippen LogP contribution is -2.31. The standard InChI is InChI=1S/C18H21N4/c1-12-8-13(2)17(14(3)9-12)21-6-7-22(11-21)18-19-15(4)10-16(5)20-18/h6-11H,1-5H3/q+1. The molecule has 22 heavy (non-hydrogen) atoms. The summed E-state index contributed by atoms with van der Waals surface area (Å²) in [5.74, 6) is 0.707. The first-order valence-corrected chi connectivity index (χ1v) is 7.44. The minimum Gasteiger partial charge on any atom is -0.253 e. The van der Waals surface area contributed by atoms with E-state index in [1.165, 1.54) is 22.4 Å². The number of rotatable bonds is 2. The molecule has 0 unspecified atom stereocenters. The van der Waals surface area contributed by atoms with Gasteiger partial charge in [-0.05, 0) is 45.7 Å². The molecule has 0 aliphatic rings. The lowest BCUT2D eigenvalue weighted by atomic mass is 10.1. The fourth-order valence-corrected chi connectivity index (χ4v) is 3.01. The Morgan fingerprint density at radius 1 is 0.864 bits per heavy atom. The molecule has 1 aromatic carbocycles. The summed E-state index contributed by atoms with van der Waals surface area (Å²) in [5, 5.41) is 0. The highest BCUT2D eigenvalue weighted by atomic mass is 15.2. The molecule has 112 valence electrons. The van der Waals surface area contributed by atoms with Crippen molar-refractivity contribution in [3.05, 3.63) is 65.0 Å². The van der Waals surface area contributed by atoms with Crippen molar-refractivity contribution in [2.24, 2.45) is 0 Å². The number of hydrogen-bond donors (Lipinski definition) is 0. The number of nitrogens with zero attached hydrogens (tertiary/aromatic N) is 4. The van der Waals surface area contributed by atoms with Crippen LogP contribution in [-0.4, -0.2) is 14.5 Å². The number of aryl methyl sites for hydroxylation is 5. The van der Waals surface area contributed by atoms with Crippen LogP contribution in [0.5, 0.6) is 0 Å². The Kier molecular flexibility index (Phi) is 3.53. The van der Waals surface area contributed by atoms with Crippen molar-refractivity contribution in [3.63, 3.8) is 0 Å². The molecular formula is C18H21N4+. The number of benzene rings is 1. The second kappa shape index (κ2) is 5.37. The Morgan fingerprint density at radius 3 is 2.05 bits per heavy atom. The molecule has 4 heteroatoms. The summed E-state index contributed by atoms with van der Waals surface area (Å²) in [5.41, 5.74) is 6.99. The first-order valence-electron chi connectivity index (χ1n) is 7.44. The van der Waals surface area contributed by atoms with Gasteiger partial charge in [0.2, 0.25) is 0 Å². The van der Waals surface area contributed by atoms with Gasteiger partial charge in [0.05, 0.1) is 18.1 Å². The maximum atomic E-state index is 4.51. The van der Waals surface area contributed by atoms with Gasteiger partial charge in [-0.25, -0.2) is 0 Å². The van der Waals surface area contributed by atoms with Crippen LogP contribution in [0.2, 0.25) is 0 Å². The Balaban J connectivity index is 2.08. The molecule has 0 atom stereocenters. The quantitative estimate of drug-likeness (QED) is 0.681. The van der Waals surface area contributed by atoms with Crippen molar-refractivity contribution in [2.45, 2.75) is 34.6 Å². The zero-order chi connectivity index (χ0) is 15.9. The Morgan fingerprint density at radius 2 is 1.45 bits per heavy atom. The third-order valence-electron chi connectivity index (χ3n) is 3.73. The largest absolute Gasteiger partial charge is 0.389 e. The SMILES string of the molecule is Cc1cc(C)c(-n2cc[n+](-c3nc(C)cc(C)n3)c2)c(C)c1. The van der Waals surface area contributed by atoms with Gasteiger partial charge in [0.25, 0.3) is 0 Å². The van der Waals surface area contributed by atoms with Gasteiger partial charge < -0.3 is 0 Å². The molecule has 0 saturated heterocycles. The van der Waals surface area contributed by atoms with Crippen LogP contribution in [-0.2, 0) is 0 Å². The fourth-order valence-electron chi connectivity index (χ4n) is 3.01. The molecule has 2 heterocycles. The molecular weight excluding hydrogens is 272 g/mol. The molecule has 0 N–H and O–H groups in total. The van der Waals surface area contributed by atoms with Crippen LogP contribution < -0.4 is 4.57 Å². The summed E-state index contributed by atoms with van der Waals surface area (Å²) in [6.07, 6.45) is 6.07. The van der Waals surface area contributed by atoms with E-state index in [-0.39, 0.29) is 0 Å². The van der Waals surface area contributed by atoms with Gasteiger partial charge in [-0.3, -0.25) is 4.57 Å². The van der Waals surface area contributed by atoms with E-state index < -0.39 is 0 Å². The van der Waals surface area contributed by atoms with Crippen molar-refractivity contribution >= 4 is 0 Å². The van der Waals surface area contributed by atoms with Crippen LogP contribution in [0.25, 0.3) is 11.6 Å².